The van der Waals surface area contributed by atoms with E-state index in [0.717, 1.165) is 24.9 Å². The number of nitrogens with one attached hydrogen (secondary N) is 1. The van der Waals surface area contributed by atoms with Crippen LogP contribution in [0.15, 0.2) is 71.6 Å². The zero-order valence-corrected chi connectivity index (χ0v) is 22.6. The number of carbonyl (C=O) groups excluding carboxylic acids is 1. The molecule has 200 valence electrons. The Hall–Kier alpha value is -2.97. The van der Waals surface area contributed by atoms with Gasteiger partial charge in [0.1, 0.15) is 17.8 Å². The SMILES string of the molecule is O=C(NO)C1(S(=O)(=O)c2ccc(OCCCc3cccc(-c4ccc5c(c4)PCO5)c3)cc2)CCOCC1. The molecule has 1 atom stereocenters. The van der Waals surface area contributed by atoms with Gasteiger partial charge in [-0.3, -0.25) is 10.0 Å². The largest absolute Gasteiger partial charge is 0.494 e. The Morgan fingerprint density at radius 2 is 1.79 bits per heavy atom. The number of hydrogen-bond donors (Lipinski definition) is 2. The van der Waals surface area contributed by atoms with Crippen LogP contribution < -0.4 is 20.3 Å². The Morgan fingerprint density at radius 1 is 1.03 bits per heavy atom. The van der Waals surface area contributed by atoms with E-state index in [1.807, 2.05) is 6.07 Å². The van der Waals surface area contributed by atoms with Crippen LogP contribution in [0, 0.1) is 0 Å². The molecule has 38 heavy (non-hydrogen) atoms. The molecule has 3 aromatic rings. The first-order chi connectivity index (χ1) is 18.4. The lowest BCUT2D eigenvalue weighted by Gasteiger charge is -2.34. The van der Waals surface area contributed by atoms with Crippen LogP contribution in [-0.4, -0.2) is 50.4 Å². The van der Waals surface area contributed by atoms with Crippen molar-refractivity contribution in [2.45, 2.75) is 35.3 Å². The molecule has 2 heterocycles. The quantitative estimate of drug-likeness (QED) is 0.179. The van der Waals surface area contributed by atoms with E-state index in [-0.39, 0.29) is 31.0 Å². The van der Waals surface area contributed by atoms with Crippen molar-refractivity contribution in [1.82, 2.24) is 5.48 Å². The van der Waals surface area contributed by atoms with Gasteiger partial charge >= 0.3 is 0 Å². The fraction of sp³-hybridized carbons (Fsp3) is 0.321. The maximum absolute atomic E-state index is 13.3. The summed E-state index contributed by atoms with van der Waals surface area (Å²) in [6, 6.07) is 20.9. The standard InChI is InChI=1S/C28H30NO7PS/c30-27(29-31)28(12-15-34-16-13-28)38(32,33)24-9-7-23(8-10-24)35-14-2-4-20-3-1-5-21(17-20)22-6-11-25-26(18-22)37-19-36-25/h1,3,5-11,17-18,31,37H,2,4,12-16,19H2,(H,29,30). The number of ether oxygens (including phenoxy) is 3. The van der Waals surface area contributed by atoms with E-state index in [1.54, 1.807) is 12.1 Å². The van der Waals surface area contributed by atoms with E-state index >= 15 is 0 Å². The third-order valence-corrected chi connectivity index (χ3v) is 10.6. The molecule has 0 radical (unpaired) electrons. The van der Waals surface area contributed by atoms with Crippen molar-refractivity contribution in [2.24, 2.45) is 0 Å². The van der Waals surface area contributed by atoms with Crippen LogP contribution in [0.25, 0.3) is 11.1 Å². The summed E-state index contributed by atoms with van der Waals surface area (Å²) in [6.45, 7) is 0.723. The molecular weight excluding hydrogens is 525 g/mol. The van der Waals surface area contributed by atoms with Gasteiger partial charge in [0.2, 0.25) is 0 Å². The molecule has 2 aliphatic heterocycles. The molecule has 5 rings (SSSR count). The van der Waals surface area contributed by atoms with Crippen LogP contribution in [0.2, 0.25) is 0 Å². The molecule has 1 amide bonds. The fourth-order valence-corrected chi connectivity index (χ4v) is 7.81. The molecule has 1 unspecified atom stereocenters. The summed E-state index contributed by atoms with van der Waals surface area (Å²) in [5, 5.41) is 10.5. The second-order valence-corrected chi connectivity index (χ2v) is 12.8. The van der Waals surface area contributed by atoms with Crippen LogP contribution in [0.5, 0.6) is 11.5 Å². The number of sulfone groups is 1. The summed E-state index contributed by atoms with van der Waals surface area (Å²) < 4.78 is 41.7. The Bertz CT molecular complexity index is 1400. The maximum Gasteiger partial charge on any atom is 0.265 e. The summed E-state index contributed by atoms with van der Waals surface area (Å²) in [4.78, 5) is 12.4. The van der Waals surface area contributed by atoms with Crippen molar-refractivity contribution in [3.05, 3.63) is 72.3 Å². The molecule has 8 nitrogen and oxygen atoms in total. The Morgan fingerprint density at radius 3 is 2.55 bits per heavy atom. The molecule has 10 heteroatoms. The molecule has 0 aliphatic carbocycles. The minimum absolute atomic E-state index is 0.00538. The zero-order chi connectivity index (χ0) is 26.6. The molecule has 1 fully saturated rings. The Balaban J connectivity index is 1.18. The van der Waals surface area contributed by atoms with Gasteiger partial charge in [0.25, 0.3) is 5.91 Å². The highest BCUT2D eigenvalue weighted by molar-refractivity contribution is 7.93. The summed E-state index contributed by atoms with van der Waals surface area (Å²) >= 11 is 0. The number of hydroxylamine groups is 1. The van der Waals surface area contributed by atoms with E-state index in [4.69, 9.17) is 14.2 Å². The Labute approximate surface area is 224 Å². The van der Waals surface area contributed by atoms with Crippen molar-refractivity contribution < 1.29 is 32.6 Å². The number of benzene rings is 3. The van der Waals surface area contributed by atoms with Crippen LogP contribution in [0.1, 0.15) is 24.8 Å². The summed E-state index contributed by atoms with van der Waals surface area (Å²) in [7, 11) is -3.36. The molecule has 0 aromatic heterocycles. The Kier molecular flexibility index (Phi) is 8.00. The monoisotopic (exact) mass is 555 g/mol. The van der Waals surface area contributed by atoms with E-state index in [2.05, 4.69) is 36.4 Å². The summed E-state index contributed by atoms with van der Waals surface area (Å²) in [6.07, 6.45) is 2.36. The molecule has 2 aliphatic rings. The topological polar surface area (TPSA) is 111 Å². The highest BCUT2D eigenvalue weighted by Crippen LogP contribution is 2.36. The van der Waals surface area contributed by atoms with Gasteiger partial charge in [-0.2, -0.15) is 0 Å². The van der Waals surface area contributed by atoms with Gasteiger partial charge in [-0.15, -0.1) is 0 Å². The number of rotatable bonds is 9. The highest BCUT2D eigenvalue weighted by Gasteiger charge is 2.52. The lowest BCUT2D eigenvalue weighted by atomic mass is 9.98. The third kappa shape index (κ3) is 5.29. The summed E-state index contributed by atoms with van der Waals surface area (Å²) in [5.74, 6) is 0.604. The first kappa shape index (κ1) is 26.6. The van der Waals surface area contributed by atoms with Crippen molar-refractivity contribution in [2.75, 3.05) is 26.2 Å². The van der Waals surface area contributed by atoms with Gasteiger partial charge in [-0.25, -0.2) is 13.9 Å². The minimum Gasteiger partial charge on any atom is -0.494 e. The normalized spacial score (nSPS) is 17.0. The smallest absolute Gasteiger partial charge is 0.265 e. The van der Waals surface area contributed by atoms with Crippen LogP contribution in [-0.2, 0) is 25.8 Å². The average molecular weight is 556 g/mol. The second kappa shape index (κ2) is 11.4. The van der Waals surface area contributed by atoms with Crippen LogP contribution in [0.3, 0.4) is 0 Å². The molecular formula is C28H30NO7PS. The van der Waals surface area contributed by atoms with E-state index in [0.29, 0.717) is 20.9 Å². The van der Waals surface area contributed by atoms with Crippen molar-refractivity contribution in [3.63, 3.8) is 0 Å². The third-order valence-electron chi connectivity index (χ3n) is 7.07. The van der Waals surface area contributed by atoms with Crippen molar-refractivity contribution in [1.29, 1.82) is 0 Å². The van der Waals surface area contributed by atoms with Crippen LogP contribution >= 0.6 is 8.58 Å². The van der Waals surface area contributed by atoms with Gasteiger partial charge in [0, 0.05) is 18.5 Å². The van der Waals surface area contributed by atoms with Gasteiger partial charge < -0.3 is 14.2 Å². The van der Waals surface area contributed by atoms with Crippen LogP contribution in [0.4, 0.5) is 0 Å². The first-order valence-electron chi connectivity index (χ1n) is 12.5. The lowest BCUT2D eigenvalue weighted by molar-refractivity contribution is -0.134. The summed E-state index contributed by atoms with van der Waals surface area (Å²) in [5.41, 5.74) is 5.11. The number of carbonyl (C=O) groups is 1. The predicted molar refractivity (Wildman–Crippen MR) is 145 cm³/mol. The zero-order valence-electron chi connectivity index (χ0n) is 20.8. The molecule has 0 spiro atoms. The molecule has 1 saturated heterocycles. The van der Waals surface area contributed by atoms with Crippen molar-refractivity contribution >= 4 is 29.6 Å². The highest BCUT2D eigenvalue weighted by atomic mass is 32.2. The second-order valence-electron chi connectivity index (χ2n) is 9.35. The van der Waals surface area contributed by atoms with Crippen molar-refractivity contribution in [3.8, 4) is 22.6 Å². The van der Waals surface area contributed by atoms with Gasteiger partial charge in [-0.1, -0.05) is 30.3 Å². The predicted octanol–water partition coefficient (Wildman–Crippen LogP) is 3.85. The number of aryl methyl sites for hydroxylation is 1. The molecule has 0 bridgehead atoms. The minimum atomic E-state index is -4.06. The van der Waals surface area contributed by atoms with E-state index in [9.17, 15) is 18.4 Å². The van der Waals surface area contributed by atoms with Gasteiger partial charge in [0.15, 0.2) is 14.6 Å². The lowest BCUT2D eigenvalue weighted by Crippen LogP contribution is -2.54. The number of fused-ring (bicyclic) bond motifs is 1. The first-order valence-corrected chi connectivity index (χ1v) is 15.2. The number of amides is 1. The molecule has 2 N–H and O–H groups in total. The van der Waals surface area contributed by atoms with Gasteiger partial charge in [0.05, 0.1) is 11.5 Å². The molecule has 0 saturated carbocycles. The average Bonchev–Trinajstić information content (AvgIpc) is 3.44. The fourth-order valence-electron chi connectivity index (χ4n) is 4.90. The maximum atomic E-state index is 13.3. The van der Waals surface area contributed by atoms with Gasteiger partial charge in [-0.05, 0) is 87.4 Å². The van der Waals surface area contributed by atoms with E-state index < -0.39 is 20.5 Å². The molecule has 3 aromatic carbocycles. The van der Waals surface area contributed by atoms with E-state index in [1.165, 1.54) is 39.6 Å². The number of hydrogen-bond acceptors (Lipinski definition) is 7.